The molecule has 0 aliphatic heterocycles. The zero-order chi connectivity index (χ0) is 5.82. The van der Waals surface area contributed by atoms with Crippen LogP contribution in [0.5, 0.6) is 0 Å². The molecule has 9 heavy (non-hydrogen) atoms. The summed E-state index contributed by atoms with van der Waals surface area (Å²) in [6, 6.07) is 8.90. The second kappa shape index (κ2) is 4.40. The molecular formula is C7H5ORh-. The fourth-order valence-electron chi connectivity index (χ4n) is 0.506. The first-order valence-electron chi connectivity index (χ1n) is 2.36. The minimum absolute atomic E-state index is 0. The summed E-state index contributed by atoms with van der Waals surface area (Å²) in [5.74, 6) is 0. The van der Waals surface area contributed by atoms with Crippen LogP contribution in [0.1, 0.15) is 5.56 Å². The van der Waals surface area contributed by atoms with E-state index in [4.69, 9.17) is 0 Å². The van der Waals surface area contributed by atoms with Crippen molar-refractivity contribution in [2.75, 3.05) is 0 Å². The minimum atomic E-state index is 0. The average Bonchev–Trinajstić information content (AvgIpc) is 1.90. The maximum absolute atomic E-state index is 9.88. The van der Waals surface area contributed by atoms with E-state index in [1.807, 2.05) is 6.07 Å². The van der Waals surface area contributed by atoms with Crippen molar-refractivity contribution in [2.24, 2.45) is 0 Å². The van der Waals surface area contributed by atoms with Crippen LogP contribution in [0.25, 0.3) is 0 Å². The summed E-state index contributed by atoms with van der Waals surface area (Å²) in [7, 11) is 0. The van der Waals surface area contributed by atoms with Gasteiger partial charge in [0.15, 0.2) is 0 Å². The smallest absolute Gasteiger partial charge is 0.0627 e. The topological polar surface area (TPSA) is 17.1 Å². The molecule has 0 saturated carbocycles. The van der Waals surface area contributed by atoms with Crippen molar-refractivity contribution in [3.05, 3.63) is 35.9 Å². The first-order valence-corrected chi connectivity index (χ1v) is 2.36. The van der Waals surface area contributed by atoms with Crippen molar-refractivity contribution in [1.29, 1.82) is 0 Å². The van der Waals surface area contributed by atoms with Crippen molar-refractivity contribution in [3.63, 3.8) is 0 Å². The molecule has 1 rings (SSSR count). The van der Waals surface area contributed by atoms with Gasteiger partial charge in [-0.1, -0.05) is 6.07 Å². The van der Waals surface area contributed by atoms with E-state index in [0.717, 1.165) is 0 Å². The van der Waals surface area contributed by atoms with E-state index in [9.17, 15) is 4.79 Å². The summed E-state index contributed by atoms with van der Waals surface area (Å²) >= 11 is 0. The molecule has 1 nitrogen and oxygen atoms in total. The van der Waals surface area contributed by atoms with Gasteiger partial charge in [0.1, 0.15) is 0 Å². The Labute approximate surface area is 66.8 Å². The molecule has 0 unspecified atom stereocenters. The summed E-state index contributed by atoms with van der Waals surface area (Å²) in [5.41, 5.74) is 0.604. The van der Waals surface area contributed by atoms with Gasteiger partial charge < -0.3 is 4.79 Å². The van der Waals surface area contributed by atoms with Crippen LogP contribution in [0.3, 0.4) is 0 Å². The molecule has 0 amide bonds. The monoisotopic (exact) mass is 208 g/mol. The van der Waals surface area contributed by atoms with Gasteiger partial charge in [-0.25, -0.2) is 0 Å². The van der Waals surface area contributed by atoms with Crippen molar-refractivity contribution < 1.29 is 24.3 Å². The van der Waals surface area contributed by atoms with Crippen LogP contribution < -0.4 is 0 Å². The Hall–Kier alpha value is -0.487. The van der Waals surface area contributed by atoms with Crippen molar-refractivity contribution in [2.45, 2.75) is 0 Å². The molecule has 0 atom stereocenters. The number of hydrogen-bond acceptors (Lipinski definition) is 1. The largest absolute Gasteiger partial charge is 0.376 e. The second-order valence-corrected chi connectivity index (χ2v) is 1.47. The molecule has 49 valence electrons. The normalized spacial score (nSPS) is 7.56. The zero-order valence-corrected chi connectivity index (χ0v) is 6.27. The molecule has 0 spiro atoms. The Kier molecular flexibility index (Phi) is 4.16. The third kappa shape index (κ3) is 2.52. The van der Waals surface area contributed by atoms with Crippen LogP contribution in [0.4, 0.5) is 0 Å². The Morgan fingerprint density at radius 3 is 2.00 bits per heavy atom. The van der Waals surface area contributed by atoms with Gasteiger partial charge in [0.05, 0.1) is 6.29 Å². The number of benzene rings is 1. The van der Waals surface area contributed by atoms with E-state index in [2.05, 4.69) is 0 Å². The van der Waals surface area contributed by atoms with E-state index < -0.39 is 0 Å². The van der Waals surface area contributed by atoms with Gasteiger partial charge in [-0.2, -0.15) is 17.7 Å². The molecular weight excluding hydrogens is 203 g/mol. The van der Waals surface area contributed by atoms with Crippen molar-refractivity contribution in [3.8, 4) is 0 Å². The first-order chi connectivity index (χ1) is 3.93. The molecule has 0 N–H and O–H groups in total. The molecule has 0 aliphatic carbocycles. The van der Waals surface area contributed by atoms with E-state index in [1.165, 1.54) is 0 Å². The first kappa shape index (κ1) is 8.51. The number of rotatable bonds is 1. The molecule has 0 saturated heterocycles. The van der Waals surface area contributed by atoms with Gasteiger partial charge in [0.2, 0.25) is 0 Å². The zero-order valence-electron chi connectivity index (χ0n) is 4.63. The predicted octanol–water partition coefficient (Wildman–Crippen LogP) is 1.14. The molecule has 0 heterocycles. The predicted molar refractivity (Wildman–Crippen MR) is 31.2 cm³/mol. The molecule has 1 aromatic rings. The number of hydrogen-bond donors (Lipinski definition) is 0. The third-order valence-electron chi connectivity index (χ3n) is 0.892. The van der Waals surface area contributed by atoms with Crippen molar-refractivity contribution in [1.82, 2.24) is 0 Å². The van der Waals surface area contributed by atoms with Gasteiger partial charge in [-0.05, 0) is 0 Å². The third-order valence-corrected chi connectivity index (χ3v) is 0.892. The van der Waals surface area contributed by atoms with E-state index in [-0.39, 0.29) is 19.5 Å². The van der Waals surface area contributed by atoms with Crippen LogP contribution >= 0.6 is 0 Å². The van der Waals surface area contributed by atoms with Crippen LogP contribution in [-0.2, 0) is 24.3 Å². The van der Waals surface area contributed by atoms with Gasteiger partial charge in [-0.3, -0.25) is 0 Å². The van der Waals surface area contributed by atoms with Gasteiger partial charge >= 0.3 is 0 Å². The Morgan fingerprint density at radius 1 is 1.11 bits per heavy atom. The second-order valence-electron chi connectivity index (χ2n) is 1.47. The maximum atomic E-state index is 9.88. The van der Waals surface area contributed by atoms with Crippen LogP contribution in [-0.4, -0.2) is 6.29 Å². The Morgan fingerprint density at radius 2 is 1.67 bits per heavy atom. The van der Waals surface area contributed by atoms with Gasteiger partial charge in [0, 0.05) is 19.5 Å². The van der Waals surface area contributed by atoms with Crippen molar-refractivity contribution >= 4 is 6.29 Å². The molecule has 0 aliphatic rings. The maximum Gasteiger partial charge on any atom is 0.0627 e. The molecule has 0 fully saturated rings. The average molecular weight is 208 g/mol. The fourth-order valence-corrected chi connectivity index (χ4v) is 0.506. The summed E-state index contributed by atoms with van der Waals surface area (Å²) in [4.78, 5) is 9.88. The summed E-state index contributed by atoms with van der Waals surface area (Å²) in [6.07, 6.45) is 1.78. The van der Waals surface area contributed by atoms with Crippen LogP contribution in [0.15, 0.2) is 30.3 Å². The Bertz CT molecular complexity index is 172. The quantitative estimate of drug-likeness (QED) is 0.499. The SMILES string of the molecule is O=[C-]c1ccccc1.[Rh]. The van der Waals surface area contributed by atoms with E-state index >= 15 is 0 Å². The van der Waals surface area contributed by atoms with Crippen LogP contribution in [0, 0.1) is 0 Å². The minimum Gasteiger partial charge on any atom is -0.376 e. The van der Waals surface area contributed by atoms with Gasteiger partial charge in [0.25, 0.3) is 0 Å². The summed E-state index contributed by atoms with van der Waals surface area (Å²) < 4.78 is 0. The van der Waals surface area contributed by atoms with E-state index in [0.29, 0.717) is 5.56 Å². The standard InChI is InChI=1S/C7H5O.Rh/c8-6-7-4-2-1-3-5-7;/h1-5H;/q-1;. The molecule has 1 radical (unpaired) electrons. The Balaban J connectivity index is 0.000000640. The molecule has 0 aromatic heterocycles. The molecule has 1 aromatic carbocycles. The number of carbonyl (C=O) groups excluding carboxylic acids is 1. The van der Waals surface area contributed by atoms with E-state index in [1.54, 1.807) is 30.6 Å². The molecule has 0 bridgehead atoms. The fraction of sp³-hybridized carbons (Fsp3) is 0. The summed E-state index contributed by atoms with van der Waals surface area (Å²) in [6.45, 7) is 0. The van der Waals surface area contributed by atoms with Gasteiger partial charge in [-0.15, -0.1) is 12.1 Å². The van der Waals surface area contributed by atoms with Crippen LogP contribution in [0.2, 0.25) is 0 Å². The summed E-state index contributed by atoms with van der Waals surface area (Å²) in [5, 5.41) is 0. The molecule has 2 heteroatoms.